The topological polar surface area (TPSA) is 51.2 Å². The molecule has 0 unspecified atom stereocenters. The summed E-state index contributed by atoms with van der Waals surface area (Å²) in [6, 6.07) is 4.67. The van der Waals surface area contributed by atoms with Crippen molar-refractivity contribution in [2.75, 3.05) is 27.8 Å². The van der Waals surface area contributed by atoms with E-state index in [-0.39, 0.29) is 16.9 Å². The van der Waals surface area contributed by atoms with Gasteiger partial charge in [-0.05, 0) is 58.3 Å². The minimum atomic E-state index is -0.933. The highest BCUT2D eigenvalue weighted by molar-refractivity contribution is 5.66. The number of likely N-dealkylation sites (N-methyl/N-ethyl adjacent to an activating group) is 1. The second kappa shape index (κ2) is 5.25. The van der Waals surface area contributed by atoms with Crippen LogP contribution in [0, 0.1) is 10.8 Å². The molecular formula is C25H33NO4. The van der Waals surface area contributed by atoms with Crippen molar-refractivity contribution in [2.45, 2.75) is 68.8 Å². The van der Waals surface area contributed by atoms with Crippen molar-refractivity contribution in [3.8, 4) is 11.5 Å². The highest BCUT2D eigenvalue weighted by atomic mass is 16.6. The lowest BCUT2D eigenvalue weighted by molar-refractivity contribution is -0.284. The van der Waals surface area contributed by atoms with Crippen LogP contribution in [0.15, 0.2) is 24.3 Å². The van der Waals surface area contributed by atoms with Gasteiger partial charge in [-0.2, -0.15) is 0 Å². The Kier molecular flexibility index (Phi) is 3.35. The third-order valence-electron chi connectivity index (χ3n) is 10.0. The zero-order chi connectivity index (χ0) is 21.3. The lowest BCUT2D eigenvalue weighted by Crippen LogP contribution is -2.83. The van der Waals surface area contributed by atoms with Gasteiger partial charge in [-0.15, -0.1) is 0 Å². The third-order valence-corrected chi connectivity index (χ3v) is 10.0. The van der Waals surface area contributed by atoms with Crippen molar-refractivity contribution in [3.05, 3.63) is 35.4 Å². The maximum absolute atomic E-state index is 11.5. The Morgan fingerprint density at radius 2 is 2.00 bits per heavy atom. The number of hydrogen-bond acceptors (Lipinski definition) is 5. The summed E-state index contributed by atoms with van der Waals surface area (Å²) in [6.45, 7) is 7.10. The van der Waals surface area contributed by atoms with Crippen molar-refractivity contribution >= 4 is 0 Å². The van der Waals surface area contributed by atoms with Gasteiger partial charge in [0.25, 0.3) is 0 Å². The molecule has 2 heterocycles. The van der Waals surface area contributed by atoms with Gasteiger partial charge in [-0.3, -0.25) is 0 Å². The SMILES string of the molecule is COc1ccc2c3c1O[C@@H]1[C@@]4(OC)C=C[C@@]5(C[C@]4(C)C(C)(C)O)[C@@H](C2)N(C)CC[C@]315. The molecule has 6 atom stereocenters. The summed E-state index contributed by atoms with van der Waals surface area (Å²) >= 11 is 0. The molecule has 1 saturated carbocycles. The molecule has 0 radical (unpaired) electrons. The minimum absolute atomic E-state index is 0.107. The molecule has 2 spiro atoms. The molecule has 7 rings (SSSR count). The highest BCUT2D eigenvalue weighted by Crippen LogP contribution is 2.78. The van der Waals surface area contributed by atoms with Crippen LogP contribution in [0.25, 0.3) is 0 Å². The van der Waals surface area contributed by atoms with E-state index in [4.69, 9.17) is 14.2 Å². The second-order valence-electron chi connectivity index (χ2n) is 11.0. The Hall–Kier alpha value is -1.56. The van der Waals surface area contributed by atoms with Crippen molar-refractivity contribution < 1.29 is 19.3 Å². The average molecular weight is 412 g/mol. The number of fused-ring (bicyclic) bond motifs is 1. The average Bonchev–Trinajstić information content (AvgIpc) is 3.06. The molecule has 0 aromatic heterocycles. The van der Waals surface area contributed by atoms with Crippen LogP contribution in [0.1, 0.15) is 44.7 Å². The molecule has 4 bridgehead atoms. The maximum Gasteiger partial charge on any atom is 0.166 e. The van der Waals surface area contributed by atoms with Crippen LogP contribution in [0.5, 0.6) is 11.5 Å². The van der Waals surface area contributed by atoms with E-state index in [9.17, 15) is 5.11 Å². The zero-order valence-electron chi connectivity index (χ0n) is 18.9. The van der Waals surface area contributed by atoms with E-state index < -0.39 is 16.6 Å². The molecule has 30 heavy (non-hydrogen) atoms. The summed E-state index contributed by atoms with van der Waals surface area (Å²) in [6.07, 6.45) is 7.39. The number of methoxy groups -OCH3 is 2. The smallest absolute Gasteiger partial charge is 0.166 e. The molecule has 4 aliphatic carbocycles. The normalized spacial score (nSPS) is 45.3. The Morgan fingerprint density at radius 3 is 2.67 bits per heavy atom. The molecule has 6 aliphatic rings. The van der Waals surface area contributed by atoms with Gasteiger partial charge in [-0.1, -0.05) is 25.1 Å². The van der Waals surface area contributed by atoms with Crippen LogP contribution in [0.4, 0.5) is 0 Å². The number of nitrogens with zero attached hydrogens (tertiary/aromatic N) is 1. The molecule has 1 aromatic carbocycles. The molecular weight excluding hydrogens is 378 g/mol. The molecule has 5 nitrogen and oxygen atoms in total. The summed E-state index contributed by atoms with van der Waals surface area (Å²) in [7, 11) is 5.76. The lowest BCUT2D eigenvalue weighted by atomic mass is 9.33. The van der Waals surface area contributed by atoms with Gasteiger partial charge in [0.1, 0.15) is 11.7 Å². The number of piperidine rings is 1. The third kappa shape index (κ3) is 1.63. The second-order valence-corrected chi connectivity index (χ2v) is 11.0. The van der Waals surface area contributed by atoms with E-state index in [1.54, 1.807) is 14.2 Å². The minimum Gasteiger partial charge on any atom is -0.493 e. The van der Waals surface area contributed by atoms with Crippen LogP contribution < -0.4 is 9.47 Å². The van der Waals surface area contributed by atoms with Gasteiger partial charge in [0.05, 0.1) is 18.1 Å². The Bertz CT molecular complexity index is 982. The number of benzene rings is 1. The van der Waals surface area contributed by atoms with Crippen LogP contribution in [0.2, 0.25) is 0 Å². The fourth-order valence-electron chi connectivity index (χ4n) is 8.30. The highest BCUT2D eigenvalue weighted by Gasteiger charge is 2.83. The molecule has 2 aliphatic heterocycles. The summed E-state index contributed by atoms with van der Waals surface area (Å²) in [5.41, 5.74) is 0.319. The van der Waals surface area contributed by atoms with Gasteiger partial charge < -0.3 is 24.2 Å². The van der Waals surface area contributed by atoms with E-state index in [2.05, 4.69) is 43.2 Å². The largest absolute Gasteiger partial charge is 0.493 e. The van der Waals surface area contributed by atoms with Crippen molar-refractivity contribution in [1.29, 1.82) is 0 Å². The van der Waals surface area contributed by atoms with Gasteiger partial charge in [0, 0.05) is 29.5 Å². The standard InChI is InChI=1S/C25H33NO4/c1-21(2,27)22(3)14-23-9-10-25(22,29-6)20-24(23)11-12-26(4)17(23)13-15-7-8-16(28-5)19(30-20)18(15)24/h7-10,17,20,27H,11-14H2,1-6H3/t17-,20+,22-,23-,24+,25+/m1/s1. The molecule has 162 valence electrons. The number of ether oxygens (including phenoxy) is 3. The van der Waals surface area contributed by atoms with Gasteiger partial charge in [-0.25, -0.2) is 0 Å². The fraction of sp³-hybridized carbons (Fsp3) is 0.680. The van der Waals surface area contributed by atoms with E-state index in [1.165, 1.54) is 11.1 Å². The Labute approximate surface area is 179 Å². The van der Waals surface area contributed by atoms with Crippen LogP contribution in [0.3, 0.4) is 0 Å². The predicted molar refractivity (Wildman–Crippen MR) is 114 cm³/mol. The van der Waals surface area contributed by atoms with Crippen LogP contribution >= 0.6 is 0 Å². The first-order valence-corrected chi connectivity index (χ1v) is 11.2. The first-order chi connectivity index (χ1) is 14.1. The van der Waals surface area contributed by atoms with Gasteiger partial charge in [0.2, 0.25) is 0 Å². The van der Waals surface area contributed by atoms with Crippen LogP contribution in [-0.2, 0) is 16.6 Å². The molecule has 2 fully saturated rings. The molecule has 1 N–H and O–H groups in total. The van der Waals surface area contributed by atoms with Crippen molar-refractivity contribution in [3.63, 3.8) is 0 Å². The van der Waals surface area contributed by atoms with E-state index >= 15 is 0 Å². The Balaban J connectivity index is 1.73. The number of aliphatic hydroxyl groups is 1. The number of hydrogen-bond donors (Lipinski definition) is 1. The quantitative estimate of drug-likeness (QED) is 0.775. The summed E-state index contributed by atoms with van der Waals surface area (Å²) in [5.74, 6) is 1.71. The fourth-order valence-corrected chi connectivity index (χ4v) is 8.30. The first-order valence-electron chi connectivity index (χ1n) is 11.2. The zero-order valence-corrected chi connectivity index (χ0v) is 18.9. The van der Waals surface area contributed by atoms with Gasteiger partial charge >= 0.3 is 0 Å². The summed E-state index contributed by atoms with van der Waals surface area (Å²) in [4.78, 5) is 2.54. The van der Waals surface area contributed by atoms with Gasteiger partial charge in [0.15, 0.2) is 11.5 Å². The number of rotatable bonds is 3. The molecule has 5 heteroatoms. The van der Waals surface area contributed by atoms with E-state index in [1.807, 2.05) is 13.8 Å². The molecule has 0 amide bonds. The summed E-state index contributed by atoms with van der Waals surface area (Å²) < 4.78 is 19.1. The number of likely N-dealkylation sites (tertiary alicyclic amines) is 1. The maximum atomic E-state index is 11.5. The monoisotopic (exact) mass is 411 g/mol. The van der Waals surface area contributed by atoms with E-state index in [0.29, 0.717) is 6.04 Å². The summed E-state index contributed by atoms with van der Waals surface area (Å²) in [5, 5.41) is 11.5. The first kappa shape index (κ1) is 19.1. The predicted octanol–water partition coefficient (Wildman–Crippen LogP) is 3.08. The Morgan fingerprint density at radius 1 is 1.23 bits per heavy atom. The van der Waals surface area contributed by atoms with Crippen molar-refractivity contribution in [1.82, 2.24) is 4.90 Å². The molecule has 1 aromatic rings. The van der Waals surface area contributed by atoms with Crippen molar-refractivity contribution in [2.24, 2.45) is 10.8 Å². The van der Waals surface area contributed by atoms with E-state index in [0.717, 1.165) is 37.3 Å². The van der Waals surface area contributed by atoms with Crippen LogP contribution in [-0.4, -0.2) is 61.2 Å². The molecule has 1 saturated heterocycles. The lowest BCUT2D eigenvalue weighted by Gasteiger charge is -2.75.